The van der Waals surface area contributed by atoms with Crippen LogP contribution in [0.2, 0.25) is 0 Å². The summed E-state index contributed by atoms with van der Waals surface area (Å²) in [5.74, 6) is 1.13. The molecule has 1 heterocycles. The van der Waals surface area contributed by atoms with Gasteiger partial charge in [0.05, 0.1) is 10.5 Å². The number of amides is 1. The maximum atomic E-state index is 12.7. The monoisotopic (exact) mass is 289 g/mol. The summed E-state index contributed by atoms with van der Waals surface area (Å²) in [5, 5.41) is 13.9. The number of nitro benzene ring substituents is 1. The van der Waals surface area contributed by atoms with Crippen LogP contribution in [0.5, 0.6) is 0 Å². The standard InChI is InChI=1S/C15H19N3O3/c1-16-14-6-5-12(18(20)21)7-13(14)15(19)17-8-10-3-2-4-11(10)9-17/h5-7,10-11,16H,2-4,8-9H2,1H3. The molecule has 2 atom stereocenters. The first kappa shape index (κ1) is 13.9. The van der Waals surface area contributed by atoms with Crippen LogP contribution in [0.1, 0.15) is 29.6 Å². The number of fused-ring (bicyclic) bond motifs is 1. The Balaban J connectivity index is 1.86. The summed E-state index contributed by atoms with van der Waals surface area (Å²) >= 11 is 0. The smallest absolute Gasteiger partial charge is 0.270 e. The van der Waals surface area contributed by atoms with Crippen molar-refractivity contribution < 1.29 is 9.72 Å². The van der Waals surface area contributed by atoms with Crippen LogP contribution in [0.15, 0.2) is 18.2 Å². The van der Waals surface area contributed by atoms with Crippen LogP contribution in [0.3, 0.4) is 0 Å². The van der Waals surface area contributed by atoms with Crippen LogP contribution in [-0.4, -0.2) is 35.9 Å². The van der Waals surface area contributed by atoms with Gasteiger partial charge >= 0.3 is 0 Å². The summed E-state index contributed by atoms with van der Waals surface area (Å²) in [6.45, 7) is 1.57. The number of hydrogen-bond acceptors (Lipinski definition) is 4. The number of carbonyl (C=O) groups excluding carboxylic acids is 1. The average Bonchev–Trinajstić information content (AvgIpc) is 3.06. The van der Waals surface area contributed by atoms with E-state index in [0.29, 0.717) is 23.1 Å². The number of non-ortho nitro benzene ring substituents is 1. The SMILES string of the molecule is CNc1ccc([N+](=O)[O-])cc1C(=O)N1CC2CCCC2C1. The van der Waals surface area contributed by atoms with Crippen molar-refractivity contribution in [1.82, 2.24) is 4.90 Å². The molecule has 112 valence electrons. The molecular weight excluding hydrogens is 270 g/mol. The zero-order chi connectivity index (χ0) is 15.0. The van der Waals surface area contributed by atoms with Gasteiger partial charge in [0.1, 0.15) is 0 Å². The predicted octanol–water partition coefficient (Wildman–Crippen LogP) is 2.51. The van der Waals surface area contributed by atoms with Gasteiger partial charge in [-0.1, -0.05) is 6.42 Å². The van der Waals surface area contributed by atoms with Gasteiger partial charge in [-0.05, 0) is 30.7 Å². The van der Waals surface area contributed by atoms with Gasteiger partial charge in [-0.3, -0.25) is 14.9 Å². The van der Waals surface area contributed by atoms with Crippen LogP contribution >= 0.6 is 0 Å². The predicted molar refractivity (Wildman–Crippen MR) is 79.4 cm³/mol. The lowest BCUT2D eigenvalue weighted by Crippen LogP contribution is -2.30. The van der Waals surface area contributed by atoms with Crippen LogP contribution < -0.4 is 5.32 Å². The van der Waals surface area contributed by atoms with Crippen LogP contribution in [-0.2, 0) is 0 Å². The first-order valence-electron chi connectivity index (χ1n) is 7.35. The molecule has 1 aromatic carbocycles. The Bertz CT molecular complexity index is 576. The third kappa shape index (κ3) is 2.46. The van der Waals surface area contributed by atoms with Crippen LogP contribution in [0.25, 0.3) is 0 Å². The number of hydrogen-bond donors (Lipinski definition) is 1. The molecule has 2 aliphatic rings. The molecule has 1 N–H and O–H groups in total. The fourth-order valence-electron chi connectivity index (χ4n) is 3.61. The number of benzene rings is 1. The van der Waals surface area contributed by atoms with E-state index >= 15 is 0 Å². The Hall–Kier alpha value is -2.11. The second-order valence-corrected chi connectivity index (χ2v) is 5.90. The minimum absolute atomic E-state index is 0.0447. The van der Waals surface area contributed by atoms with Crippen molar-refractivity contribution >= 4 is 17.3 Å². The third-order valence-electron chi connectivity index (χ3n) is 4.73. The van der Waals surface area contributed by atoms with E-state index in [2.05, 4.69) is 5.32 Å². The van der Waals surface area contributed by atoms with E-state index in [1.807, 2.05) is 4.90 Å². The summed E-state index contributed by atoms with van der Waals surface area (Å²) in [4.78, 5) is 25.0. The highest BCUT2D eigenvalue weighted by atomic mass is 16.6. The Morgan fingerprint density at radius 1 is 1.33 bits per heavy atom. The maximum Gasteiger partial charge on any atom is 0.270 e. The average molecular weight is 289 g/mol. The van der Waals surface area contributed by atoms with Gasteiger partial charge in [0.25, 0.3) is 11.6 Å². The number of rotatable bonds is 3. The maximum absolute atomic E-state index is 12.7. The van der Waals surface area contributed by atoms with E-state index in [1.54, 1.807) is 13.1 Å². The molecule has 1 aromatic rings. The third-order valence-corrected chi connectivity index (χ3v) is 4.73. The van der Waals surface area contributed by atoms with Crippen molar-refractivity contribution in [2.75, 3.05) is 25.5 Å². The highest BCUT2D eigenvalue weighted by Gasteiger charge is 2.38. The fraction of sp³-hybridized carbons (Fsp3) is 0.533. The minimum atomic E-state index is -0.463. The lowest BCUT2D eigenvalue weighted by Gasteiger charge is -2.19. The van der Waals surface area contributed by atoms with Gasteiger partial charge in [-0.25, -0.2) is 0 Å². The molecule has 1 aliphatic heterocycles. The quantitative estimate of drug-likeness (QED) is 0.685. The van der Waals surface area contributed by atoms with Gasteiger partial charge in [0.2, 0.25) is 0 Å². The van der Waals surface area contributed by atoms with Gasteiger partial charge in [-0.15, -0.1) is 0 Å². The van der Waals surface area contributed by atoms with Gasteiger partial charge in [-0.2, -0.15) is 0 Å². The number of nitrogens with one attached hydrogen (secondary N) is 1. The lowest BCUT2D eigenvalue weighted by molar-refractivity contribution is -0.384. The number of anilines is 1. The molecule has 0 bridgehead atoms. The Morgan fingerprint density at radius 3 is 2.57 bits per heavy atom. The van der Waals surface area contributed by atoms with Crippen molar-refractivity contribution in [3.63, 3.8) is 0 Å². The normalized spacial score (nSPS) is 24.0. The second-order valence-electron chi connectivity index (χ2n) is 5.90. The van der Waals surface area contributed by atoms with E-state index in [4.69, 9.17) is 0 Å². The number of carbonyl (C=O) groups is 1. The summed E-state index contributed by atoms with van der Waals surface area (Å²) in [6, 6.07) is 4.39. The molecule has 2 unspecified atom stereocenters. The van der Waals surface area contributed by atoms with Crippen molar-refractivity contribution in [3.8, 4) is 0 Å². The molecule has 0 aromatic heterocycles. The van der Waals surface area contributed by atoms with E-state index in [1.165, 1.54) is 31.4 Å². The zero-order valence-electron chi connectivity index (χ0n) is 12.0. The molecule has 0 radical (unpaired) electrons. The summed E-state index contributed by atoms with van der Waals surface area (Å²) in [6.07, 6.45) is 3.65. The number of nitro groups is 1. The Morgan fingerprint density at radius 2 is 2.00 bits per heavy atom. The lowest BCUT2D eigenvalue weighted by atomic mass is 10.0. The largest absolute Gasteiger partial charge is 0.387 e. The topological polar surface area (TPSA) is 75.5 Å². The van der Waals surface area contributed by atoms with Crippen molar-refractivity contribution in [2.24, 2.45) is 11.8 Å². The molecular formula is C15H19N3O3. The molecule has 1 saturated carbocycles. The highest BCUT2D eigenvalue weighted by Crippen LogP contribution is 2.38. The van der Waals surface area contributed by atoms with E-state index < -0.39 is 4.92 Å². The van der Waals surface area contributed by atoms with Crippen molar-refractivity contribution in [2.45, 2.75) is 19.3 Å². The Labute approximate surface area is 123 Å². The zero-order valence-corrected chi connectivity index (χ0v) is 12.0. The van der Waals surface area contributed by atoms with Crippen LogP contribution in [0, 0.1) is 22.0 Å². The molecule has 21 heavy (non-hydrogen) atoms. The molecule has 2 fully saturated rings. The van der Waals surface area contributed by atoms with Crippen LogP contribution in [0.4, 0.5) is 11.4 Å². The number of nitrogens with zero attached hydrogens (tertiary/aromatic N) is 2. The van der Waals surface area contributed by atoms with Gasteiger partial charge in [0, 0.05) is 38.0 Å². The first-order valence-corrected chi connectivity index (χ1v) is 7.35. The highest BCUT2D eigenvalue weighted by molar-refractivity contribution is 6.00. The van der Waals surface area contributed by atoms with Crippen molar-refractivity contribution in [1.29, 1.82) is 0 Å². The molecule has 1 amide bonds. The molecule has 6 heteroatoms. The molecule has 6 nitrogen and oxygen atoms in total. The van der Waals surface area contributed by atoms with Gasteiger partial charge in [0.15, 0.2) is 0 Å². The molecule has 1 aliphatic carbocycles. The van der Waals surface area contributed by atoms with Crippen molar-refractivity contribution in [3.05, 3.63) is 33.9 Å². The van der Waals surface area contributed by atoms with E-state index in [0.717, 1.165) is 13.1 Å². The summed E-state index contributed by atoms with van der Waals surface area (Å²) in [7, 11) is 1.72. The minimum Gasteiger partial charge on any atom is -0.387 e. The van der Waals surface area contributed by atoms with E-state index in [-0.39, 0.29) is 11.6 Å². The summed E-state index contributed by atoms with van der Waals surface area (Å²) < 4.78 is 0. The van der Waals surface area contributed by atoms with E-state index in [9.17, 15) is 14.9 Å². The Kier molecular flexibility index (Phi) is 3.53. The molecule has 3 rings (SSSR count). The molecule has 0 spiro atoms. The van der Waals surface area contributed by atoms with Gasteiger partial charge < -0.3 is 10.2 Å². The number of likely N-dealkylation sites (tertiary alicyclic amines) is 1. The summed E-state index contributed by atoms with van der Waals surface area (Å²) in [5.41, 5.74) is 0.992. The molecule has 1 saturated heterocycles. The second kappa shape index (κ2) is 5.35. The fourth-order valence-corrected chi connectivity index (χ4v) is 3.61. The first-order chi connectivity index (χ1) is 10.1.